The first-order chi connectivity index (χ1) is 9.11. The summed E-state index contributed by atoms with van der Waals surface area (Å²) < 4.78 is 4.74. The van der Waals surface area contributed by atoms with Gasteiger partial charge in [-0.15, -0.1) is 5.06 Å². The molecule has 19 heavy (non-hydrogen) atoms. The largest absolute Gasteiger partial charge is 0.528 e. The molecule has 2 atom stereocenters. The van der Waals surface area contributed by atoms with Gasteiger partial charge < -0.3 is 14.5 Å². The van der Waals surface area contributed by atoms with Crippen LogP contribution in [-0.2, 0) is 14.4 Å². The zero-order valence-corrected chi connectivity index (χ0v) is 12.2. The maximum Gasteiger partial charge on any atom is 0.528 e. The van der Waals surface area contributed by atoms with E-state index >= 15 is 0 Å². The molecule has 106 valence electrons. The van der Waals surface area contributed by atoms with Gasteiger partial charge >= 0.3 is 6.16 Å². The minimum atomic E-state index is -0.730. The molecule has 0 saturated carbocycles. The molecule has 2 saturated heterocycles. The molecule has 2 rings (SSSR count). The maximum absolute atomic E-state index is 11.9. The van der Waals surface area contributed by atoms with Gasteiger partial charge in [0.25, 0.3) is 0 Å². The molecule has 0 aromatic rings. The van der Waals surface area contributed by atoms with Gasteiger partial charge in [-0.2, -0.15) is 0 Å². The number of likely N-dealkylation sites (tertiary alicyclic amines) is 1. The number of carbonyl (C=O) groups is 2. The highest BCUT2D eigenvalue weighted by Gasteiger charge is 2.38. The van der Waals surface area contributed by atoms with Crippen LogP contribution in [0.5, 0.6) is 0 Å². The standard InChI is InChI=1S/C12H17BrN2O4/c1-2-7-18-12(17)19-14-5-3-9(8-14)15-6-4-10(13)11(15)16/h2,9-10H,1,3-8H2/t9-,10?/m1/s1. The molecule has 2 aliphatic rings. The van der Waals surface area contributed by atoms with Crippen molar-refractivity contribution in [2.75, 3.05) is 26.2 Å². The zero-order valence-electron chi connectivity index (χ0n) is 10.6. The van der Waals surface area contributed by atoms with Crippen molar-refractivity contribution in [2.24, 2.45) is 0 Å². The van der Waals surface area contributed by atoms with Crippen LogP contribution in [0, 0.1) is 0 Å². The van der Waals surface area contributed by atoms with Crippen LogP contribution in [0.1, 0.15) is 12.8 Å². The van der Waals surface area contributed by atoms with Crippen LogP contribution in [0.2, 0.25) is 0 Å². The summed E-state index contributed by atoms with van der Waals surface area (Å²) in [5, 5.41) is 1.55. The van der Waals surface area contributed by atoms with E-state index in [9.17, 15) is 9.59 Å². The molecule has 2 fully saturated rings. The monoisotopic (exact) mass is 332 g/mol. The van der Waals surface area contributed by atoms with E-state index in [4.69, 9.17) is 9.57 Å². The van der Waals surface area contributed by atoms with Crippen molar-refractivity contribution in [3.63, 3.8) is 0 Å². The number of carbonyl (C=O) groups excluding carboxylic acids is 2. The molecule has 1 amide bonds. The van der Waals surface area contributed by atoms with Crippen molar-refractivity contribution in [3.8, 4) is 0 Å². The molecule has 2 heterocycles. The van der Waals surface area contributed by atoms with Gasteiger partial charge in [0, 0.05) is 19.1 Å². The van der Waals surface area contributed by atoms with Crippen LogP contribution < -0.4 is 0 Å². The number of hydroxylamine groups is 2. The molecule has 2 aliphatic heterocycles. The van der Waals surface area contributed by atoms with Gasteiger partial charge in [-0.25, -0.2) is 4.79 Å². The van der Waals surface area contributed by atoms with E-state index in [0.29, 0.717) is 13.1 Å². The number of ether oxygens (including phenoxy) is 1. The molecule has 6 nitrogen and oxygen atoms in total. The van der Waals surface area contributed by atoms with Gasteiger partial charge in [-0.05, 0) is 12.8 Å². The van der Waals surface area contributed by atoms with Crippen molar-refractivity contribution in [3.05, 3.63) is 12.7 Å². The molecule has 0 aromatic carbocycles. The Morgan fingerprint density at radius 3 is 2.89 bits per heavy atom. The van der Waals surface area contributed by atoms with E-state index in [0.717, 1.165) is 19.4 Å². The van der Waals surface area contributed by atoms with E-state index in [-0.39, 0.29) is 23.4 Å². The van der Waals surface area contributed by atoms with E-state index in [1.54, 1.807) is 5.06 Å². The number of rotatable bonds is 4. The first-order valence-electron chi connectivity index (χ1n) is 6.27. The lowest BCUT2D eigenvalue weighted by molar-refractivity contribution is -0.131. The van der Waals surface area contributed by atoms with Crippen LogP contribution in [0.4, 0.5) is 4.79 Å². The average Bonchev–Trinajstić information content (AvgIpc) is 2.96. The minimum Gasteiger partial charge on any atom is -0.429 e. The molecule has 7 heteroatoms. The number of amides is 1. The summed E-state index contributed by atoms with van der Waals surface area (Å²) >= 11 is 3.36. The van der Waals surface area contributed by atoms with Crippen molar-refractivity contribution in [2.45, 2.75) is 23.7 Å². The Balaban J connectivity index is 1.78. The van der Waals surface area contributed by atoms with Crippen LogP contribution >= 0.6 is 15.9 Å². The summed E-state index contributed by atoms with van der Waals surface area (Å²) in [7, 11) is 0. The van der Waals surface area contributed by atoms with Crippen LogP contribution in [0.15, 0.2) is 12.7 Å². The predicted octanol–water partition coefficient (Wildman–Crippen LogP) is 1.31. The second-order valence-electron chi connectivity index (χ2n) is 4.56. The first kappa shape index (κ1) is 14.3. The Bertz CT molecular complexity index is 377. The van der Waals surface area contributed by atoms with Crippen molar-refractivity contribution in [1.82, 2.24) is 9.96 Å². The molecular weight excluding hydrogens is 316 g/mol. The van der Waals surface area contributed by atoms with E-state index in [2.05, 4.69) is 22.5 Å². The van der Waals surface area contributed by atoms with Crippen LogP contribution in [0.3, 0.4) is 0 Å². The molecule has 0 radical (unpaired) electrons. The fourth-order valence-corrected chi connectivity index (χ4v) is 2.80. The van der Waals surface area contributed by atoms with E-state index in [1.165, 1.54) is 6.08 Å². The highest BCUT2D eigenvalue weighted by atomic mass is 79.9. The smallest absolute Gasteiger partial charge is 0.429 e. The highest BCUT2D eigenvalue weighted by Crippen LogP contribution is 2.25. The topological polar surface area (TPSA) is 59.1 Å². The number of hydrogen-bond acceptors (Lipinski definition) is 5. The van der Waals surface area contributed by atoms with Gasteiger partial charge in [0.05, 0.1) is 11.4 Å². The number of nitrogens with zero attached hydrogens (tertiary/aromatic N) is 2. The van der Waals surface area contributed by atoms with Crippen molar-refractivity contribution >= 4 is 28.0 Å². The lowest BCUT2D eigenvalue weighted by Gasteiger charge is -2.23. The van der Waals surface area contributed by atoms with E-state index in [1.807, 2.05) is 4.90 Å². The maximum atomic E-state index is 11.9. The quantitative estimate of drug-likeness (QED) is 0.441. The number of halogens is 1. The Hall–Kier alpha value is -1.08. The first-order valence-corrected chi connectivity index (χ1v) is 7.18. The minimum absolute atomic E-state index is 0.0694. The third kappa shape index (κ3) is 3.48. The summed E-state index contributed by atoms with van der Waals surface area (Å²) in [5.74, 6) is 0.126. The fraction of sp³-hybridized carbons (Fsp3) is 0.667. The molecule has 0 bridgehead atoms. The van der Waals surface area contributed by atoms with Crippen molar-refractivity contribution < 1.29 is 19.2 Å². The average molecular weight is 333 g/mol. The van der Waals surface area contributed by atoms with Gasteiger partial charge in [-0.3, -0.25) is 4.79 Å². The second kappa shape index (κ2) is 6.38. The molecule has 1 unspecified atom stereocenters. The van der Waals surface area contributed by atoms with Gasteiger partial charge in [0.15, 0.2) is 0 Å². The Labute approximate surface area is 120 Å². The van der Waals surface area contributed by atoms with Crippen LogP contribution in [0.25, 0.3) is 0 Å². The SMILES string of the molecule is C=CCOC(=O)ON1CC[C@@H](N2CCC(Br)C2=O)C1. The lowest BCUT2D eigenvalue weighted by Crippen LogP contribution is -2.40. The Morgan fingerprint density at radius 2 is 2.26 bits per heavy atom. The summed E-state index contributed by atoms with van der Waals surface area (Å²) in [4.78, 5) is 30.0. The van der Waals surface area contributed by atoms with Gasteiger partial charge in [0.1, 0.15) is 6.61 Å². The third-order valence-corrected chi connectivity index (χ3v) is 4.11. The molecular formula is C12H17BrN2O4. The normalized spacial score (nSPS) is 27.6. The number of alkyl halides is 1. The zero-order chi connectivity index (χ0) is 13.8. The summed E-state index contributed by atoms with van der Waals surface area (Å²) in [6.45, 7) is 5.49. The molecule has 0 N–H and O–H groups in total. The number of hydrogen-bond donors (Lipinski definition) is 0. The Morgan fingerprint density at radius 1 is 1.47 bits per heavy atom. The summed E-state index contributed by atoms with van der Waals surface area (Å²) in [6, 6.07) is 0.113. The lowest BCUT2D eigenvalue weighted by atomic mass is 10.2. The third-order valence-electron chi connectivity index (χ3n) is 3.26. The predicted molar refractivity (Wildman–Crippen MR) is 71.7 cm³/mol. The molecule has 0 aliphatic carbocycles. The summed E-state index contributed by atoms with van der Waals surface area (Å²) in [5.41, 5.74) is 0. The fourth-order valence-electron chi connectivity index (χ4n) is 2.34. The second-order valence-corrected chi connectivity index (χ2v) is 5.66. The molecule has 0 aromatic heterocycles. The molecule has 0 spiro atoms. The Kier molecular flexibility index (Phi) is 4.81. The highest BCUT2D eigenvalue weighted by molar-refractivity contribution is 9.10. The van der Waals surface area contributed by atoms with Gasteiger partial charge in [-0.1, -0.05) is 28.6 Å². The summed E-state index contributed by atoms with van der Waals surface area (Å²) in [6.07, 6.45) is 2.39. The van der Waals surface area contributed by atoms with E-state index < -0.39 is 6.16 Å². The van der Waals surface area contributed by atoms with Gasteiger partial charge in [0.2, 0.25) is 5.91 Å². The van der Waals surface area contributed by atoms with Crippen LogP contribution in [-0.4, -0.2) is 59.1 Å². The van der Waals surface area contributed by atoms with Crippen molar-refractivity contribution in [1.29, 1.82) is 0 Å².